The number of nitrogens with zero attached hydrogens (tertiary/aromatic N) is 3. The number of rotatable bonds is 9. The average Bonchev–Trinajstić information content (AvgIpc) is 2.75. The lowest BCUT2D eigenvalue weighted by Gasteiger charge is -2.32. The summed E-state index contributed by atoms with van der Waals surface area (Å²) in [5, 5.41) is 2.56. The van der Waals surface area contributed by atoms with E-state index in [0.29, 0.717) is 5.69 Å². The predicted octanol–water partition coefficient (Wildman–Crippen LogP) is 1.77. The van der Waals surface area contributed by atoms with Crippen LogP contribution in [0.3, 0.4) is 0 Å². The van der Waals surface area contributed by atoms with Crippen LogP contribution in [-0.4, -0.2) is 63.2 Å². The maximum Gasteiger partial charge on any atom is 0.304 e. The fraction of sp³-hybridized carbons (Fsp3) is 0.364. The van der Waals surface area contributed by atoms with Crippen LogP contribution < -0.4 is 9.62 Å². The molecular formula is C22H30N4O4S. The number of anilines is 1. The van der Waals surface area contributed by atoms with Gasteiger partial charge in [0.25, 0.3) is 0 Å². The number of aryl methyl sites for hydroxylation is 1. The largest absolute Gasteiger partial charge is 0.357 e. The lowest BCUT2D eigenvalue weighted by molar-refractivity contribution is -0.139. The first kappa shape index (κ1) is 24.4. The Morgan fingerprint density at radius 2 is 1.68 bits per heavy atom. The molecule has 0 spiro atoms. The third-order valence-corrected chi connectivity index (χ3v) is 6.73. The minimum atomic E-state index is -3.93. The van der Waals surface area contributed by atoms with Crippen molar-refractivity contribution in [1.29, 1.82) is 0 Å². The predicted molar refractivity (Wildman–Crippen MR) is 122 cm³/mol. The van der Waals surface area contributed by atoms with E-state index in [2.05, 4.69) is 5.32 Å². The molecule has 2 rings (SSSR count). The van der Waals surface area contributed by atoms with Crippen molar-refractivity contribution in [2.45, 2.75) is 26.4 Å². The fourth-order valence-electron chi connectivity index (χ4n) is 3.11. The molecule has 0 aliphatic rings. The highest BCUT2D eigenvalue weighted by atomic mass is 32.2. The Morgan fingerprint density at radius 1 is 1.03 bits per heavy atom. The van der Waals surface area contributed by atoms with Crippen molar-refractivity contribution in [2.75, 3.05) is 32.0 Å². The summed E-state index contributed by atoms with van der Waals surface area (Å²) in [5.74, 6) is -0.811. The summed E-state index contributed by atoms with van der Waals surface area (Å²) in [4.78, 5) is 27.1. The summed E-state index contributed by atoms with van der Waals surface area (Å²) < 4.78 is 28.0. The summed E-state index contributed by atoms with van der Waals surface area (Å²) in [6.45, 7) is 3.32. The lowest BCUT2D eigenvalue weighted by Crippen LogP contribution is -2.52. The SMILES string of the molecule is CNC(=O)C(C)N(Cc1cccc(C)c1)C(=O)CN(c1ccccc1)S(=O)(=O)N(C)C. The van der Waals surface area contributed by atoms with Gasteiger partial charge in [-0.2, -0.15) is 12.7 Å². The molecule has 0 fully saturated rings. The van der Waals surface area contributed by atoms with Gasteiger partial charge in [-0.3, -0.25) is 9.59 Å². The molecule has 9 heteroatoms. The van der Waals surface area contributed by atoms with E-state index in [0.717, 1.165) is 19.7 Å². The van der Waals surface area contributed by atoms with E-state index in [1.165, 1.54) is 26.0 Å². The van der Waals surface area contributed by atoms with E-state index >= 15 is 0 Å². The highest BCUT2D eigenvalue weighted by molar-refractivity contribution is 7.90. The number of hydrogen-bond donors (Lipinski definition) is 1. The zero-order chi connectivity index (χ0) is 23.2. The van der Waals surface area contributed by atoms with E-state index in [1.54, 1.807) is 37.3 Å². The molecule has 168 valence electrons. The maximum absolute atomic E-state index is 13.4. The van der Waals surface area contributed by atoms with Crippen molar-refractivity contribution in [2.24, 2.45) is 0 Å². The van der Waals surface area contributed by atoms with Crippen LogP contribution in [0.25, 0.3) is 0 Å². The molecule has 0 bridgehead atoms. The number of likely N-dealkylation sites (N-methyl/N-ethyl adjacent to an activating group) is 1. The number of carbonyl (C=O) groups is 2. The van der Waals surface area contributed by atoms with E-state index in [1.807, 2.05) is 31.2 Å². The molecule has 2 aromatic rings. The Labute approximate surface area is 184 Å². The van der Waals surface area contributed by atoms with Crippen molar-refractivity contribution >= 4 is 27.7 Å². The molecule has 0 saturated heterocycles. The third-order valence-electron chi connectivity index (χ3n) is 4.91. The second-order valence-electron chi connectivity index (χ2n) is 7.43. The minimum absolute atomic E-state index is 0.180. The molecule has 0 saturated carbocycles. The Hall–Kier alpha value is -2.91. The van der Waals surface area contributed by atoms with E-state index < -0.39 is 28.7 Å². The van der Waals surface area contributed by atoms with Gasteiger partial charge in [0.15, 0.2) is 0 Å². The highest BCUT2D eigenvalue weighted by Crippen LogP contribution is 2.20. The van der Waals surface area contributed by atoms with Crippen LogP contribution in [-0.2, 0) is 26.3 Å². The summed E-state index contributed by atoms with van der Waals surface area (Å²) in [5.41, 5.74) is 2.25. The van der Waals surface area contributed by atoms with Crippen molar-refractivity contribution in [1.82, 2.24) is 14.5 Å². The van der Waals surface area contributed by atoms with E-state index in [-0.39, 0.29) is 12.5 Å². The van der Waals surface area contributed by atoms with E-state index in [9.17, 15) is 18.0 Å². The van der Waals surface area contributed by atoms with Crippen LogP contribution in [0.15, 0.2) is 54.6 Å². The molecule has 1 unspecified atom stereocenters. The Kier molecular flexibility index (Phi) is 8.18. The van der Waals surface area contributed by atoms with Crippen LogP contribution in [0, 0.1) is 6.92 Å². The first-order chi connectivity index (χ1) is 14.6. The highest BCUT2D eigenvalue weighted by Gasteiger charge is 2.32. The molecule has 0 aromatic heterocycles. The second-order valence-corrected chi connectivity index (χ2v) is 9.50. The minimum Gasteiger partial charge on any atom is -0.357 e. The topological polar surface area (TPSA) is 90.0 Å². The number of benzene rings is 2. The van der Waals surface area contributed by atoms with Gasteiger partial charge in [0.05, 0.1) is 5.69 Å². The maximum atomic E-state index is 13.4. The average molecular weight is 447 g/mol. The normalized spacial score (nSPS) is 12.3. The standard InChI is InChI=1S/C22H30N4O4S/c1-17-10-9-11-19(14-17)15-25(18(2)22(28)23-3)21(27)16-26(31(29,30)24(4)5)20-12-7-6-8-13-20/h6-14,18H,15-16H2,1-5H3,(H,23,28). The van der Waals surface area contributed by atoms with Crippen LogP contribution in [0.2, 0.25) is 0 Å². The Morgan fingerprint density at radius 3 is 2.23 bits per heavy atom. The summed E-state index contributed by atoms with van der Waals surface area (Å²) in [7, 11) is 0.388. The van der Waals surface area contributed by atoms with Crippen LogP contribution in [0.4, 0.5) is 5.69 Å². The van der Waals surface area contributed by atoms with Gasteiger partial charge in [-0.25, -0.2) is 4.31 Å². The molecule has 1 atom stereocenters. The smallest absolute Gasteiger partial charge is 0.304 e. The second kappa shape index (κ2) is 10.4. The van der Waals surface area contributed by atoms with Gasteiger partial charge >= 0.3 is 10.2 Å². The van der Waals surface area contributed by atoms with Crippen LogP contribution >= 0.6 is 0 Å². The molecule has 0 aliphatic carbocycles. The molecule has 31 heavy (non-hydrogen) atoms. The Bertz CT molecular complexity index is 1010. The van der Waals surface area contributed by atoms with Crippen molar-refractivity contribution in [3.63, 3.8) is 0 Å². The zero-order valence-corrected chi connectivity index (χ0v) is 19.4. The van der Waals surface area contributed by atoms with Gasteiger partial charge in [-0.05, 0) is 31.5 Å². The van der Waals surface area contributed by atoms with Gasteiger partial charge in [0.2, 0.25) is 11.8 Å². The number of carbonyl (C=O) groups excluding carboxylic acids is 2. The first-order valence-electron chi connectivity index (χ1n) is 9.89. The summed E-state index contributed by atoms with van der Waals surface area (Å²) >= 11 is 0. The molecule has 2 amide bonds. The number of amides is 2. The third kappa shape index (κ3) is 6.05. The molecule has 0 heterocycles. The van der Waals surface area contributed by atoms with Gasteiger partial charge in [-0.15, -0.1) is 0 Å². The van der Waals surface area contributed by atoms with Crippen LogP contribution in [0.5, 0.6) is 0 Å². The quantitative estimate of drug-likeness (QED) is 0.636. The van der Waals surface area contributed by atoms with Gasteiger partial charge in [-0.1, -0.05) is 48.0 Å². The zero-order valence-electron chi connectivity index (χ0n) is 18.6. The van der Waals surface area contributed by atoms with Crippen molar-refractivity contribution in [3.8, 4) is 0 Å². The van der Waals surface area contributed by atoms with Crippen LogP contribution in [0.1, 0.15) is 18.1 Å². The van der Waals surface area contributed by atoms with Crippen molar-refractivity contribution in [3.05, 3.63) is 65.7 Å². The van der Waals surface area contributed by atoms with E-state index in [4.69, 9.17) is 0 Å². The van der Waals surface area contributed by atoms with Gasteiger partial charge in [0.1, 0.15) is 12.6 Å². The molecule has 0 aliphatic heterocycles. The lowest BCUT2D eigenvalue weighted by atomic mass is 10.1. The molecule has 2 aromatic carbocycles. The van der Waals surface area contributed by atoms with Crippen molar-refractivity contribution < 1.29 is 18.0 Å². The molecule has 8 nitrogen and oxygen atoms in total. The molecule has 0 radical (unpaired) electrons. The molecule has 1 N–H and O–H groups in total. The van der Waals surface area contributed by atoms with Gasteiger partial charge < -0.3 is 10.2 Å². The number of para-hydroxylation sites is 1. The van der Waals surface area contributed by atoms with Gasteiger partial charge in [0, 0.05) is 27.7 Å². The number of hydrogen-bond acceptors (Lipinski definition) is 4. The number of nitrogens with one attached hydrogen (secondary N) is 1. The fourth-order valence-corrected chi connectivity index (χ4v) is 4.17. The monoisotopic (exact) mass is 446 g/mol. The summed E-state index contributed by atoms with van der Waals surface area (Å²) in [6, 6.07) is 15.3. The molecular weight excluding hydrogens is 416 g/mol. The Balaban J connectivity index is 2.42. The first-order valence-corrected chi connectivity index (χ1v) is 11.3. The summed E-state index contributed by atoms with van der Waals surface area (Å²) in [6.07, 6.45) is 0.